The number of allylic oxidation sites excluding steroid dienone is 2. The Balaban J connectivity index is -0.00000000857. The fourth-order valence-corrected chi connectivity index (χ4v) is 0.294. The van der Waals surface area contributed by atoms with Gasteiger partial charge in [-0.15, -0.1) is 0 Å². The average molecular weight is 267 g/mol. The van der Waals surface area contributed by atoms with Gasteiger partial charge in [-0.2, -0.15) is 0 Å². The summed E-state index contributed by atoms with van der Waals surface area (Å²) >= 11 is 0. The van der Waals surface area contributed by atoms with Crippen LogP contribution >= 0.6 is 0 Å². The van der Waals surface area contributed by atoms with Gasteiger partial charge in [0.1, 0.15) is 0 Å². The van der Waals surface area contributed by atoms with Crippen LogP contribution in [0.5, 0.6) is 0 Å². The molecule has 98 valence electrons. The third kappa shape index (κ3) is 105. The Hall–Kier alpha value is -0.536. The van der Waals surface area contributed by atoms with Crippen molar-refractivity contribution in [3.05, 3.63) is 11.8 Å². The standard InChI is InChI=1S/C5H8O2.Ni.6H2O/c1-4(6)3-5(2)7;;;;;;;/h3,6H,1-2H3;;6*1H2/b4-3-;;;;;;;. The molecular formula is C5H20NiO8. The minimum Gasteiger partial charge on any atom is -0.512 e. The summed E-state index contributed by atoms with van der Waals surface area (Å²) in [5.74, 6) is -0.0625. The molecule has 8 nitrogen and oxygen atoms in total. The third-order valence-electron chi connectivity index (χ3n) is 0.412. The summed E-state index contributed by atoms with van der Waals surface area (Å²) in [6.45, 7) is 2.85. The van der Waals surface area contributed by atoms with Gasteiger partial charge in [-0.1, -0.05) is 0 Å². The van der Waals surface area contributed by atoms with Crippen LogP contribution in [0.4, 0.5) is 0 Å². The summed E-state index contributed by atoms with van der Waals surface area (Å²) in [7, 11) is 0. The molecule has 13 N–H and O–H groups in total. The van der Waals surface area contributed by atoms with Crippen molar-refractivity contribution < 1.29 is 59.2 Å². The molecule has 0 radical (unpaired) electrons. The third-order valence-corrected chi connectivity index (χ3v) is 0.412. The summed E-state index contributed by atoms with van der Waals surface area (Å²) in [6.07, 6.45) is 1.17. The summed E-state index contributed by atoms with van der Waals surface area (Å²) in [5.41, 5.74) is 0. The molecule has 0 aromatic carbocycles. The van der Waals surface area contributed by atoms with Gasteiger partial charge in [-0.25, -0.2) is 0 Å². The maximum absolute atomic E-state index is 10.0. The predicted octanol–water partition coefficient (Wildman–Crippen LogP) is -3.91. The molecule has 0 heterocycles. The maximum atomic E-state index is 10.0. The first-order valence-corrected chi connectivity index (χ1v) is 2.01. The van der Waals surface area contributed by atoms with Crippen molar-refractivity contribution in [2.24, 2.45) is 0 Å². The van der Waals surface area contributed by atoms with Crippen molar-refractivity contribution in [3.8, 4) is 0 Å². The van der Waals surface area contributed by atoms with Crippen molar-refractivity contribution in [2.45, 2.75) is 13.8 Å². The van der Waals surface area contributed by atoms with Crippen LogP contribution in [0, 0.1) is 0 Å². The van der Waals surface area contributed by atoms with E-state index in [1.807, 2.05) is 0 Å². The van der Waals surface area contributed by atoms with Gasteiger partial charge in [0, 0.05) is 22.6 Å². The number of hydrogen-bond acceptors (Lipinski definition) is 2. The molecule has 9 heteroatoms. The number of carbonyl (C=O) groups is 1. The Kier molecular flexibility index (Phi) is 196. The van der Waals surface area contributed by atoms with Gasteiger partial charge in [0.25, 0.3) is 0 Å². The number of rotatable bonds is 1. The molecule has 0 spiro atoms. The Morgan fingerprint density at radius 1 is 0.929 bits per heavy atom. The molecule has 0 rings (SSSR count). The van der Waals surface area contributed by atoms with Gasteiger partial charge in [-0.05, 0) is 13.8 Å². The van der Waals surface area contributed by atoms with E-state index < -0.39 is 0 Å². The van der Waals surface area contributed by atoms with E-state index >= 15 is 0 Å². The fourth-order valence-electron chi connectivity index (χ4n) is 0.294. The first-order chi connectivity index (χ1) is 3.13. The molecule has 14 heavy (non-hydrogen) atoms. The molecule has 0 aromatic rings. The van der Waals surface area contributed by atoms with Crippen LogP contribution in [-0.2, 0) is 21.3 Å². The number of aliphatic hydroxyl groups is 1. The average Bonchev–Trinajstić information content (AvgIpc) is 1.27. The molecule has 0 saturated heterocycles. The topological polar surface area (TPSA) is 226 Å². The van der Waals surface area contributed by atoms with E-state index in [1.165, 1.54) is 19.9 Å². The van der Waals surface area contributed by atoms with E-state index in [-0.39, 0.29) is 60.9 Å². The number of aliphatic hydroxyl groups excluding tert-OH is 1. The second-order valence-corrected chi connectivity index (χ2v) is 1.40. The molecule has 0 aliphatic heterocycles. The Morgan fingerprint density at radius 3 is 1.14 bits per heavy atom. The van der Waals surface area contributed by atoms with E-state index in [2.05, 4.69) is 0 Å². The van der Waals surface area contributed by atoms with Gasteiger partial charge in [-0.3, -0.25) is 4.79 Å². The second kappa shape index (κ2) is 39.2. The molecule has 0 atom stereocenters. The largest absolute Gasteiger partial charge is 0.512 e. The van der Waals surface area contributed by atoms with E-state index in [4.69, 9.17) is 5.11 Å². The van der Waals surface area contributed by atoms with E-state index in [1.54, 1.807) is 0 Å². The van der Waals surface area contributed by atoms with Crippen LogP contribution in [0.25, 0.3) is 0 Å². The SMILES string of the molecule is CC(=O)/C=C(/C)O.O.O.O.O.O.O.[Ni]. The zero-order valence-corrected chi connectivity index (χ0v) is 8.74. The zero-order valence-electron chi connectivity index (χ0n) is 7.75. The van der Waals surface area contributed by atoms with Gasteiger partial charge >= 0.3 is 0 Å². The Labute approximate surface area is 91.4 Å². The van der Waals surface area contributed by atoms with Crippen molar-refractivity contribution in [3.63, 3.8) is 0 Å². The van der Waals surface area contributed by atoms with E-state index in [0.29, 0.717) is 0 Å². The smallest absolute Gasteiger partial charge is 0.155 e. The summed E-state index contributed by atoms with van der Waals surface area (Å²) in [4.78, 5) is 10.0. The van der Waals surface area contributed by atoms with Crippen molar-refractivity contribution in [1.29, 1.82) is 0 Å². The molecular weight excluding hydrogens is 247 g/mol. The number of hydrogen-bond donors (Lipinski definition) is 1. The first kappa shape index (κ1) is 70.1. The molecule has 0 bridgehead atoms. The summed E-state index contributed by atoms with van der Waals surface area (Å²) in [5, 5.41) is 8.36. The minimum absolute atomic E-state index is 0. The molecule has 0 aliphatic rings. The van der Waals surface area contributed by atoms with Gasteiger partial charge in [0.15, 0.2) is 5.78 Å². The minimum atomic E-state index is -0.125. The van der Waals surface area contributed by atoms with Gasteiger partial charge < -0.3 is 38.0 Å². The zero-order chi connectivity index (χ0) is 5.86. The van der Waals surface area contributed by atoms with Crippen LogP contribution in [0.15, 0.2) is 11.8 Å². The molecule has 0 aromatic heterocycles. The van der Waals surface area contributed by atoms with Gasteiger partial charge in [0.2, 0.25) is 0 Å². The van der Waals surface area contributed by atoms with Gasteiger partial charge in [0.05, 0.1) is 5.76 Å². The molecule has 0 fully saturated rings. The Bertz CT molecular complexity index is 110. The van der Waals surface area contributed by atoms with E-state index in [9.17, 15) is 4.79 Å². The molecule has 0 unspecified atom stereocenters. The van der Waals surface area contributed by atoms with Crippen molar-refractivity contribution in [2.75, 3.05) is 0 Å². The quantitative estimate of drug-likeness (QED) is 0.285. The second-order valence-electron chi connectivity index (χ2n) is 1.40. The van der Waals surface area contributed by atoms with Crippen LogP contribution in [0.3, 0.4) is 0 Å². The van der Waals surface area contributed by atoms with Crippen LogP contribution in [0.2, 0.25) is 0 Å². The van der Waals surface area contributed by atoms with E-state index in [0.717, 1.165) is 0 Å². The number of ketones is 1. The molecule has 0 amide bonds. The van der Waals surface area contributed by atoms with Crippen LogP contribution in [-0.4, -0.2) is 43.7 Å². The van der Waals surface area contributed by atoms with Crippen molar-refractivity contribution in [1.82, 2.24) is 0 Å². The van der Waals surface area contributed by atoms with Crippen LogP contribution < -0.4 is 0 Å². The number of carbonyl (C=O) groups excluding carboxylic acids is 1. The maximum Gasteiger partial charge on any atom is 0.155 e. The van der Waals surface area contributed by atoms with Crippen molar-refractivity contribution >= 4 is 5.78 Å². The monoisotopic (exact) mass is 266 g/mol. The predicted molar refractivity (Wildman–Crippen MR) is 48.7 cm³/mol. The molecule has 0 saturated carbocycles. The Morgan fingerprint density at radius 2 is 1.14 bits per heavy atom. The fraction of sp³-hybridized carbons (Fsp3) is 0.400. The first-order valence-electron chi connectivity index (χ1n) is 2.01. The normalized spacial score (nSPS) is 5.71. The molecule has 0 aliphatic carbocycles. The summed E-state index contributed by atoms with van der Waals surface area (Å²) in [6, 6.07) is 0. The van der Waals surface area contributed by atoms with Crippen LogP contribution in [0.1, 0.15) is 13.8 Å². The summed E-state index contributed by atoms with van der Waals surface area (Å²) < 4.78 is 0.